The summed E-state index contributed by atoms with van der Waals surface area (Å²) in [5.41, 5.74) is -0.125. The Hall–Kier alpha value is -2.16. The largest absolute Gasteiger partial charge is 0.357 e. The van der Waals surface area contributed by atoms with Crippen LogP contribution in [0, 0.1) is 10.1 Å². The Morgan fingerprint density at radius 1 is 1.36 bits per heavy atom. The van der Waals surface area contributed by atoms with Crippen molar-refractivity contribution < 1.29 is 18.1 Å². The highest BCUT2D eigenvalue weighted by Crippen LogP contribution is 2.30. The van der Waals surface area contributed by atoms with Gasteiger partial charge in [-0.3, -0.25) is 14.9 Å². The quantitative estimate of drug-likeness (QED) is 0.589. The van der Waals surface area contributed by atoms with Crippen LogP contribution in [0.25, 0.3) is 0 Å². The lowest BCUT2D eigenvalue weighted by Gasteiger charge is -2.22. The van der Waals surface area contributed by atoms with Crippen LogP contribution in [0.2, 0.25) is 0 Å². The van der Waals surface area contributed by atoms with E-state index in [4.69, 9.17) is 0 Å². The number of hydrogen-bond acceptors (Lipinski definition) is 6. The molecule has 0 aromatic heterocycles. The van der Waals surface area contributed by atoms with Gasteiger partial charge in [0.1, 0.15) is 5.69 Å². The SMILES string of the molecule is CCNC(=O)CN(CC)c1ccc(S(C)(=O)=O)cc1[N+](=O)[O-]. The first-order valence-corrected chi connectivity index (χ1v) is 8.60. The van der Waals surface area contributed by atoms with Gasteiger partial charge in [0.15, 0.2) is 9.84 Å². The Kier molecular flexibility index (Phi) is 5.86. The van der Waals surface area contributed by atoms with Gasteiger partial charge < -0.3 is 10.2 Å². The first-order valence-electron chi connectivity index (χ1n) is 6.70. The number of benzene rings is 1. The van der Waals surface area contributed by atoms with Crippen LogP contribution in [0.5, 0.6) is 0 Å². The number of nitro benzene ring substituents is 1. The molecule has 122 valence electrons. The van der Waals surface area contributed by atoms with Gasteiger partial charge in [0.25, 0.3) is 5.69 Å². The molecule has 1 aromatic carbocycles. The zero-order valence-electron chi connectivity index (χ0n) is 12.7. The molecule has 1 amide bonds. The van der Waals surface area contributed by atoms with E-state index in [-0.39, 0.29) is 28.7 Å². The van der Waals surface area contributed by atoms with Gasteiger partial charge in [-0.15, -0.1) is 0 Å². The number of nitrogens with zero attached hydrogens (tertiary/aromatic N) is 2. The van der Waals surface area contributed by atoms with Crippen molar-refractivity contribution in [2.75, 3.05) is 30.8 Å². The van der Waals surface area contributed by atoms with E-state index in [1.165, 1.54) is 17.0 Å². The van der Waals surface area contributed by atoms with Crippen molar-refractivity contribution >= 4 is 27.1 Å². The summed E-state index contributed by atoms with van der Waals surface area (Å²) < 4.78 is 23.0. The van der Waals surface area contributed by atoms with Crippen LogP contribution in [0.4, 0.5) is 11.4 Å². The minimum Gasteiger partial charge on any atom is -0.357 e. The fraction of sp³-hybridized carbons (Fsp3) is 0.462. The molecule has 9 heteroatoms. The molecule has 0 unspecified atom stereocenters. The number of carbonyl (C=O) groups is 1. The fourth-order valence-corrected chi connectivity index (χ4v) is 2.58. The van der Waals surface area contributed by atoms with E-state index in [1.807, 2.05) is 0 Å². The third-order valence-electron chi connectivity index (χ3n) is 3.00. The van der Waals surface area contributed by atoms with E-state index >= 15 is 0 Å². The molecule has 1 aromatic rings. The molecule has 1 rings (SSSR count). The predicted molar refractivity (Wildman–Crippen MR) is 82.8 cm³/mol. The Balaban J connectivity index is 3.26. The molecule has 0 spiro atoms. The summed E-state index contributed by atoms with van der Waals surface area (Å²) >= 11 is 0. The second kappa shape index (κ2) is 7.21. The molecule has 0 aliphatic heterocycles. The van der Waals surface area contributed by atoms with Gasteiger partial charge in [-0.05, 0) is 26.0 Å². The first kappa shape index (κ1) is 17.9. The minimum absolute atomic E-state index is 0.0383. The summed E-state index contributed by atoms with van der Waals surface area (Å²) in [6, 6.07) is 3.68. The molecule has 0 fully saturated rings. The fourth-order valence-electron chi connectivity index (χ4n) is 1.94. The molecule has 0 aliphatic carbocycles. The summed E-state index contributed by atoms with van der Waals surface area (Å²) in [5.74, 6) is -0.258. The minimum atomic E-state index is -3.54. The van der Waals surface area contributed by atoms with Crippen molar-refractivity contribution in [1.29, 1.82) is 0 Å². The van der Waals surface area contributed by atoms with Crippen LogP contribution in [0.1, 0.15) is 13.8 Å². The number of likely N-dealkylation sites (N-methyl/N-ethyl adjacent to an activating group) is 2. The van der Waals surface area contributed by atoms with Gasteiger partial charge in [0.2, 0.25) is 5.91 Å². The van der Waals surface area contributed by atoms with E-state index in [2.05, 4.69) is 5.32 Å². The maximum atomic E-state index is 11.7. The zero-order valence-corrected chi connectivity index (χ0v) is 13.5. The van der Waals surface area contributed by atoms with E-state index < -0.39 is 14.8 Å². The molecule has 0 saturated carbocycles. The maximum absolute atomic E-state index is 11.7. The zero-order chi connectivity index (χ0) is 16.9. The van der Waals surface area contributed by atoms with Crippen molar-refractivity contribution in [2.45, 2.75) is 18.7 Å². The van der Waals surface area contributed by atoms with Crippen molar-refractivity contribution in [3.63, 3.8) is 0 Å². The van der Waals surface area contributed by atoms with Crippen LogP contribution >= 0.6 is 0 Å². The van der Waals surface area contributed by atoms with Crippen LogP contribution in [-0.4, -0.2) is 45.1 Å². The summed E-state index contributed by atoms with van der Waals surface area (Å²) in [4.78, 5) is 23.6. The molecule has 0 bridgehead atoms. The van der Waals surface area contributed by atoms with Gasteiger partial charge in [0, 0.05) is 25.4 Å². The lowest BCUT2D eigenvalue weighted by atomic mass is 10.2. The molecule has 0 saturated heterocycles. The van der Waals surface area contributed by atoms with Gasteiger partial charge >= 0.3 is 0 Å². The molecule has 0 aliphatic rings. The highest BCUT2D eigenvalue weighted by Gasteiger charge is 2.23. The van der Waals surface area contributed by atoms with Gasteiger partial charge in [-0.25, -0.2) is 8.42 Å². The van der Waals surface area contributed by atoms with E-state index in [1.54, 1.807) is 13.8 Å². The number of carbonyl (C=O) groups excluding carboxylic acids is 1. The second-order valence-electron chi connectivity index (χ2n) is 4.65. The average Bonchev–Trinajstić information content (AvgIpc) is 2.43. The van der Waals surface area contributed by atoms with Crippen molar-refractivity contribution in [2.24, 2.45) is 0 Å². The number of nitro groups is 1. The van der Waals surface area contributed by atoms with Gasteiger partial charge in [-0.2, -0.15) is 0 Å². The van der Waals surface area contributed by atoms with Crippen molar-refractivity contribution in [3.05, 3.63) is 28.3 Å². The third-order valence-corrected chi connectivity index (χ3v) is 4.11. The highest BCUT2D eigenvalue weighted by atomic mass is 32.2. The monoisotopic (exact) mass is 329 g/mol. The lowest BCUT2D eigenvalue weighted by molar-refractivity contribution is -0.384. The maximum Gasteiger partial charge on any atom is 0.293 e. The number of nitrogens with one attached hydrogen (secondary N) is 1. The number of hydrogen-bond donors (Lipinski definition) is 1. The smallest absolute Gasteiger partial charge is 0.293 e. The number of anilines is 1. The molecular formula is C13H19N3O5S. The average molecular weight is 329 g/mol. The van der Waals surface area contributed by atoms with Gasteiger partial charge in [0.05, 0.1) is 16.4 Å². The number of amides is 1. The Morgan fingerprint density at radius 3 is 2.45 bits per heavy atom. The second-order valence-corrected chi connectivity index (χ2v) is 6.66. The summed E-state index contributed by atoms with van der Waals surface area (Å²) in [6.07, 6.45) is 0.984. The lowest BCUT2D eigenvalue weighted by Crippen LogP contribution is -2.37. The first-order chi connectivity index (χ1) is 10.2. The molecule has 8 nitrogen and oxygen atoms in total. The van der Waals surface area contributed by atoms with E-state index in [9.17, 15) is 23.3 Å². The van der Waals surface area contributed by atoms with Crippen LogP contribution in [-0.2, 0) is 14.6 Å². The van der Waals surface area contributed by atoms with Crippen LogP contribution < -0.4 is 10.2 Å². The molecule has 1 N–H and O–H groups in total. The normalized spacial score (nSPS) is 11.0. The van der Waals surface area contributed by atoms with Crippen LogP contribution in [0.15, 0.2) is 23.1 Å². The molecule has 22 heavy (non-hydrogen) atoms. The molecule has 0 heterocycles. The molecule has 0 atom stereocenters. The molecular weight excluding hydrogens is 310 g/mol. The summed E-state index contributed by atoms with van der Waals surface area (Å²) in [5, 5.41) is 13.8. The number of rotatable bonds is 7. The summed E-state index contributed by atoms with van der Waals surface area (Å²) in [6.45, 7) is 4.33. The van der Waals surface area contributed by atoms with Crippen molar-refractivity contribution in [3.8, 4) is 0 Å². The van der Waals surface area contributed by atoms with E-state index in [0.717, 1.165) is 12.3 Å². The Morgan fingerprint density at radius 2 is 2.00 bits per heavy atom. The van der Waals surface area contributed by atoms with Crippen molar-refractivity contribution in [1.82, 2.24) is 5.32 Å². The highest BCUT2D eigenvalue weighted by molar-refractivity contribution is 7.90. The Bertz CT molecular complexity index is 672. The topological polar surface area (TPSA) is 110 Å². The predicted octanol–water partition coefficient (Wildman–Crippen LogP) is 0.961. The third kappa shape index (κ3) is 4.42. The van der Waals surface area contributed by atoms with Gasteiger partial charge in [-0.1, -0.05) is 0 Å². The summed E-state index contributed by atoms with van der Waals surface area (Å²) in [7, 11) is -3.54. The molecule has 0 radical (unpaired) electrons. The standard InChI is InChI=1S/C13H19N3O5S/c1-4-14-13(17)9-15(5-2)11-7-6-10(22(3,20)21)8-12(11)16(18)19/h6-8H,4-5,9H2,1-3H3,(H,14,17). The van der Waals surface area contributed by atoms with E-state index in [0.29, 0.717) is 13.1 Å². The number of sulfone groups is 1. The van der Waals surface area contributed by atoms with Crippen LogP contribution in [0.3, 0.4) is 0 Å². The Labute approximate surface area is 129 Å².